The van der Waals surface area contributed by atoms with Crippen molar-refractivity contribution in [3.63, 3.8) is 0 Å². The Hall–Kier alpha value is -0.452. The molecule has 0 aromatic heterocycles. The minimum absolute atomic E-state index is 0. The van der Waals surface area contributed by atoms with Gasteiger partial charge in [0.1, 0.15) is 0 Å². The summed E-state index contributed by atoms with van der Waals surface area (Å²) in [5.41, 5.74) is 0. The molecule has 1 heterocycles. The fourth-order valence-corrected chi connectivity index (χ4v) is 8.79. The molecule has 0 bridgehead atoms. The SMILES string of the molecule is CCCCCC(CCCCC)CCCCCCCCCCC(O)CCCCCCCCC(=O)OCCC(CCCCC)CCCCC.O=CO.[CH2-]CCN1CCCCC1.[W]. The molecule has 1 aliphatic rings. The van der Waals surface area contributed by atoms with Gasteiger partial charge in [-0.3, -0.25) is 9.59 Å². The summed E-state index contributed by atoms with van der Waals surface area (Å²) in [7, 11) is 0. The summed E-state index contributed by atoms with van der Waals surface area (Å²) in [4.78, 5) is 23.1. The van der Waals surface area contributed by atoms with Gasteiger partial charge in [0.05, 0.1) is 12.7 Å². The Morgan fingerprint density at radius 1 is 0.550 bits per heavy atom. The van der Waals surface area contributed by atoms with Crippen LogP contribution in [0, 0.1) is 18.8 Å². The number of hydrogen-bond acceptors (Lipinski definition) is 5. The summed E-state index contributed by atoms with van der Waals surface area (Å²) >= 11 is 0. The molecule has 1 rings (SSSR count). The summed E-state index contributed by atoms with van der Waals surface area (Å²) in [6.45, 7) is 17.2. The van der Waals surface area contributed by atoms with Crippen molar-refractivity contribution in [2.24, 2.45) is 11.8 Å². The second-order valence-corrected chi connectivity index (χ2v) is 18.3. The summed E-state index contributed by atoms with van der Waals surface area (Å²) in [5.74, 6) is 1.73. The van der Waals surface area contributed by atoms with Crippen molar-refractivity contribution in [2.45, 2.75) is 284 Å². The Kier molecular flexibility index (Phi) is 58.2. The number of ether oxygens (including phenoxy) is 1. The van der Waals surface area contributed by atoms with E-state index in [-0.39, 0.29) is 39.6 Å². The zero-order valence-corrected chi connectivity index (χ0v) is 43.8. The van der Waals surface area contributed by atoms with Crippen LogP contribution in [0.3, 0.4) is 0 Å². The number of piperidine rings is 1. The maximum atomic E-state index is 12.2. The minimum Gasteiger partial charge on any atom is -0.483 e. The number of carbonyl (C=O) groups excluding carboxylic acids is 1. The van der Waals surface area contributed by atoms with E-state index in [0.717, 1.165) is 56.8 Å². The smallest absolute Gasteiger partial charge is 0.305 e. The Bertz CT molecular complexity index is 787. The van der Waals surface area contributed by atoms with Gasteiger partial charge in [-0.05, 0) is 70.0 Å². The molecule has 1 unspecified atom stereocenters. The fourth-order valence-electron chi connectivity index (χ4n) is 8.79. The third-order valence-corrected chi connectivity index (χ3v) is 12.6. The Morgan fingerprint density at radius 2 is 0.883 bits per heavy atom. The normalized spacial score (nSPS) is 13.3. The summed E-state index contributed by atoms with van der Waals surface area (Å²) < 4.78 is 5.60. The number of hydrogen-bond donors (Lipinski definition) is 2. The molecule has 0 saturated carbocycles. The Balaban J connectivity index is -0.00000214. The van der Waals surface area contributed by atoms with Crippen molar-refractivity contribution in [2.75, 3.05) is 26.2 Å². The van der Waals surface area contributed by atoms with Crippen molar-refractivity contribution in [3.05, 3.63) is 6.92 Å². The molecule has 60 heavy (non-hydrogen) atoms. The van der Waals surface area contributed by atoms with E-state index < -0.39 is 0 Å². The van der Waals surface area contributed by atoms with Gasteiger partial charge in [0.2, 0.25) is 0 Å². The van der Waals surface area contributed by atoms with Crippen molar-refractivity contribution in [1.29, 1.82) is 0 Å². The van der Waals surface area contributed by atoms with E-state index in [1.165, 1.54) is 219 Å². The van der Waals surface area contributed by atoms with E-state index in [1.807, 2.05) is 0 Å². The molecular formula is C53H106NO5W-. The van der Waals surface area contributed by atoms with Crippen LogP contribution in [-0.2, 0) is 35.4 Å². The van der Waals surface area contributed by atoms with E-state index in [0.29, 0.717) is 13.0 Å². The summed E-state index contributed by atoms with van der Waals surface area (Å²) in [6.07, 6.45) is 49.8. The van der Waals surface area contributed by atoms with Crippen molar-refractivity contribution in [1.82, 2.24) is 4.90 Å². The monoisotopic (exact) mass is 1020 g/mol. The van der Waals surface area contributed by atoms with Crippen LogP contribution < -0.4 is 0 Å². The number of likely N-dealkylation sites (tertiary alicyclic amines) is 1. The van der Waals surface area contributed by atoms with E-state index >= 15 is 0 Å². The van der Waals surface area contributed by atoms with Crippen LogP contribution in [-0.4, -0.2) is 59.9 Å². The topological polar surface area (TPSA) is 87.1 Å². The zero-order valence-electron chi connectivity index (χ0n) is 40.9. The van der Waals surface area contributed by atoms with Gasteiger partial charge in [-0.2, -0.15) is 6.42 Å². The Morgan fingerprint density at radius 3 is 1.27 bits per heavy atom. The molecular weight excluding hydrogens is 914 g/mol. The molecule has 0 amide bonds. The molecule has 1 fully saturated rings. The first-order valence-corrected chi connectivity index (χ1v) is 26.3. The number of rotatable bonds is 41. The van der Waals surface area contributed by atoms with Crippen LogP contribution in [0.15, 0.2) is 0 Å². The quantitative estimate of drug-likeness (QED) is 0.0275. The first kappa shape index (κ1) is 63.8. The van der Waals surface area contributed by atoms with Crippen molar-refractivity contribution >= 4 is 12.4 Å². The van der Waals surface area contributed by atoms with Gasteiger partial charge in [-0.1, -0.05) is 227 Å². The predicted molar refractivity (Wildman–Crippen MR) is 257 cm³/mol. The van der Waals surface area contributed by atoms with Gasteiger partial charge in [-0.25, -0.2) is 0 Å². The molecule has 0 aliphatic carbocycles. The van der Waals surface area contributed by atoms with Gasteiger partial charge in [0.15, 0.2) is 0 Å². The summed E-state index contributed by atoms with van der Waals surface area (Å²) in [5, 5.41) is 17.3. The second-order valence-electron chi connectivity index (χ2n) is 18.3. The number of carbonyl (C=O) groups is 2. The number of aliphatic hydroxyl groups is 1. The number of esters is 1. The standard InChI is InChI=1S/C44H88O3.C8H16N.CH2O2.W/c1-5-9-23-31-41(32-24-10-6-2)35-27-19-15-13-14-16-20-28-36-43(45)37-29-21-17-18-22-30-38-44(46)47-40-39-42(33-25-11-7-3)34-26-12-8-4;1-2-6-9-7-4-3-5-8-9;2-1-3;/h41-43,45H,5-40H2,1-4H3;1-8H2;1H,(H,2,3);/q;-1;;. The molecule has 0 spiro atoms. The molecule has 0 aromatic rings. The average molecular weight is 1020 g/mol. The van der Waals surface area contributed by atoms with Crippen LogP contribution in [0.5, 0.6) is 0 Å². The molecule has 2 N–H and O–H groups in total. The first-order chi connectivity index (χ1) is 28.9. The van der Waals surface area contributed by atoms with Crippen LogP contribution in [0.4, 0.5) is 0 Å². The average Bonchev–Trinajstić information content (AvgIpc) is 3.23. The van der Waals surface area contributed by atoms with Crippen LogP contribution in [0.1, 0.15) is 278 Å². The summed E-state index contributed by atoms with van der Waals surface area (Å²) in [6, 6.07) is 0. The maximum absolute atomic E-state index is 12.2. The molecule has 0 radical (unpaired) electrons. The van der Waals surface area contributed by atoms with Gasteiger partial charge >= 0.3 is 5.97 Å². The van der Waals surface area contributed by atoms with E-state index in [4.69, 9.17) is 14.6 Å². The number of aliphatic hydroxyl groups excluding tert-OH is 1. The molecule has 7 heteroatoms. The van der Waals surface area contributed by atoms with E-state index in [2.05, 4.69) is 39.5 Å². The predicted octanol–water partition coefficient (Wildman–Crippen LogP) is 16.3. The zero-order chi connectivity index (χ0) is 43.7. The van der Waals surface area contributed by atoms with Crippen molar-refractivity contribution in [3.8, 4) is 0 Å². The third-order valence-electron chi connectivity index (χ3n) is 12.6. The van der Waals surface area contributed by atoms with Gasteiger partial charge in [-0.15, -0.1) is 0 Å². The largest absolute Gasteiger partial charge is 0.483 e. The Labute approximate surface area is 390 Å². The molecule has 360 valence electrons. The second kappa shape index (κ2) is 54.7. The van der Waals surface area contributed by atoms with Gasteiger partial charge in [0.25, 0.3) is 6.47 Å². The van der Waals surface area contributed by atoms with E-state index in [1.54, 1.807) is 0 Å². The molecule has 0 aromatic carbocycles. The first-order valence-electron chi connectivity index (χ1n) is 26.3. The minimum atomic E-state index is -0.250. The van der Waals surface area contributed by atoms with Crippen molar-refractivity contribution < 1.29 is 45.6 Å². The molecule has 1 aliphatic heterocycles. The molecule has 1 atom stereocenters. The van der Waals surface area contributed by atoms with E-state index in [9.17, 15) is 9.90 Å². The van der Waals surface area contributed by atoms with Crippen LogP contribution >= 0.6 is 0 Å². The maximum Gasteiger partial charge on any atom is 0.305 e. The van der Waals surface area contributed by atoms with Crippen LogP contribution in [0.2, 0.25) is 0 Å². The molecule has 6 nitrogen and oxygen atoms in total. The van der Waals surface area contributed by atoms with Gasteiger partial charge in [0, 0.05) is 27.5 Å². The number of nitrogens with zero attached hydrogens (tertiary/aromatic N) is 1. The number of unbranched alkanes of at least 4 members (excludes halogenated alkanes) is 20. The number of carboxylic acid groups (broad SMARTS) is 1. The van der Waals surface area contributed by atoms with Crippen LogP contribution in [0.25, 0.3) is 0 Å². The fraction of sp³-hybridized carbons (Fsp3) is 0.943. The third kappa shape index (κ3) is 50.2. The molecule has 1 saturated heterocycles. The van der Waals surface area contributed by atoms with Gasteiger partial charge < -0.3 is 26.8 Å².